The maximum Gasteiger partial charge on any atom is 0.387 e. The highest BCUT2D eigenvalue weighted by atomic mass is 35.5. The highest BCUT2D eigenvalue weighted by Crippen LogP contribution is 2.38. The first-order valence-corrected chi connectivity index (χ1v) is 7.75. The van der Waals surface area contributed by atoms with Crippen LogP contribution >= 0.6 is 11.6 Å². The van der Waals surface area contributed by atoms with Crippen LogP contribution in [-0.4, -0.2) is 23.1 Å². The third-order valence-electron chi connectivity index (χ3n) is 4.01. The number of fused-ring (bicyclic) bond motifs is 2. The SMILES string of the molecule is FC(F)Oc1ccc2c(N3CCc4ccc(Cl)cc43)ncnc2c1. The second-order valence-electron chi connectivity index (χ2n) is 5.43. The molecular formula is C17H12ClF2N3O. The van der Waals surface area contributed by atoms with Crippen LogP contribution in [0.5, 0.6) is 5.75 Å². The minimum atomic E-state index is -2.86. The number of nitrogens with zero attached hydrogens (tertiary/aromatic N) is 3. The average molecular weight is 348 g/mol. The molecule has 0 radical (unpaired) electrons. The van der Waals surface area contributed by atoms with Crippen LogP contribution in [0.3, 0.4) is 0 Å². The van der Waals surface area contributed by atoms with Gasteiger partial charge in [-0.05, 0) is 36.2 Å². The molecule has 2 aromatic carbocycles. The van der Waals surface area contributed by atoms with Crippen molar-refractivity contribution >= 4 is 34.0 Å². The molecule has 0 N–H and O–H groups in total. The molecule has 0 saturated carbocycles. The Morgan fingerprint density at radius 2 is 2.00 bits per heavy atom. The van der Waals surface area contributed by atoms with Gasteiger partial charge < -0.3 is 9.64 Å². The summed E-state index contributed by atoms with van der Waals surface area (Å²) >= 11 is 6.12. The molecule has 4 nitrogen and oxygen atoms in total. The van der Waals surface area contributed by atoms with E-state index in [2.05, 4.69) is 19.6 Å². The fraction of sp³-hybridized carbons (Fsp3) is 0.176. The highest BCUT2D eigenvalue weighted by molar-refractivity contribution is 6.31. The molecule has 24 heavy (non-hydrogen) atoms. The predicted octanol–water partition coefficient (Wildman–Crippen LogP) is 4.58. The molecule has 0 amide bonds. The Balaban J connectivity index is 1.80. The van der Waals surface area contributed by atoms with Crippen molar-refractivity contribution in [3.8, 4) is 5.75 Å². The Kier molecular flexibility index (Phi) is 3.69. The number of hydrogen-bond donors (Lipinski definition) is 0. The van der Waals surface area contributed by atoms with Crippen molar-refractivity contribution in [2.45, 2.75) is 13.0 Å². The van der Waals surface area contributed by atoms with E-state index in [1.807, 2.05) is 18.2 Å². The number of benzene rings is 2. The smallest absolute Gasteiger partial charge is 0.387 e. The number of anilines is 2. The fourth-order valence-electron chi connectivity index (χ4n) is 2.99. The fourth-order valence-corrected chi connectivity index (χ4v) is 3.15. The van der Waals surface area contributed by atoms with Crippen LogP contribution in [0.25, 0.3) is 10.9 Å². The Morgan fingerprint density at radius 1 is 1.12 bits per heavy atom. The van der Waals surface area contributed by atoms with Gasteiger partial charge in [-0.1, -0.05) is 17.7 Å². The summed E-state index contributed by atoms with van der Waals surface area (Å²) in [6.07, 6.45) is 2.32. The first-order chi connectivity index (χ1) is 11.6. The first kappa shape index (κ1) is 15.1. The normalized spacial score (nSPS) is 13.6. The molecule has 122 valence electrons. The lowest BCUT2D eigenvalue weighted by Gasteiger charge is -2.20. The molecular weight excluding hydrogens is 336 g/mol. The topological polar surface area (TPSA) is 38.2 Å². The molecule has 4 rings (SSSR count). The van der Waals surface area contributed by atoms with E-state index < -0.39 is 6.61 Å². The summed E-state index contributed by atoms with van der Waals surface area (Å²) in [7, 11) is 0. The maximum absolute atomic E-state index is 12.4. The third-order valence-corrected chi connectivity index (χ3v) is 4.25. The molecule has 0 spiro atoms. The Bertz CT molecular complexity index is 919. The minimum absolute atomic E-state index is 0.0759. The van der Waals surface area contributed by atoms with Crippen molar-refractivity contribution in [1.82, 2.24) is 9.97 Å². The van der Waals surface area contributed by atoms with E-state index in [0.29, 0.717) is 10.5 Å². The van der Waals surface area contributed by atoms with Gasteiger partial charge in [-0.25, -0.2) is 9.97 Å². The number of hydrogen-bond acceptors (Lipinski definition) is 4. The number of aromatic nitrogens is 2. The van der Waals surface area contributed by atoms with Gasteiger partial charge in [0.2, 0.25) is 0 Å². The Morgan fingerprint density at radius 3 is 2.83 bits per heavy atom. The summed E-state index contributed by atoms with van der Waals surface area (Å²) in [6, 6.07) is 10.5. The molecule has 3 aromatic rings. The predicted molar refractivity (Wildman–Crippen MR) is 88.3 cm³/mol. The van der Waals surface area contributed by atoms with Crippen LogP contribution in [0.15, 0.2) is 42.7 Å². The van der Waals surface area contributed by atoms with Gasteiger partial charge in [-0.15, -0.1) is 0 Å². The monoisotopic (exact) mass is 347 g/mol. The van der Waals surface area contributed by atoms with Crippen molar-refractivity contribution in [2.24, 2.45) is 0 Å². The van der Waals surface area contributed by atoms with Gasteiger partial charge >= 0.3 is 6.61 Å². The van der Waals surface area contributed by atoms with Crippen LogP contribution in [0.4, 0.5) is 20.3 Å². The van der Waals surface area contributed by atoms with E-state index in [-0.39, 0.29) is 5.75 Å². The summed E-state index contributed by atoms with van der Waals surface area (Å²) in [5, 5.41) is 1.43. The standard InChI is InChI=1S/C17H12ClF2N3O/c18-11-2-1-10-5-6-23(15(10)7-11)16-13-4-3-12(24-17(19)20)8-14(13)21-9-22-16/h1-4,7-9,17H,5-6H2. The maximum atomic E-state index is 12.4. The quantitative estimate of drug-likeness (QED) is 0.695. The second-order valence-corrected chi connectivity index (χ2v) is 5.87. The lowest BCUT2D eigenvalue weighted by molar-refractivity contribution is -0.0497. The Hall–Kier alpha value is -2.47. The van der Waals surface area contributed by atoms with Gasteiger partial charge in [0, 0.05) is 28.7 Å². The Labute approximate surface area is 141 Å². The zero-order valence-electron chi connectivity index (χ0n) is 12.4. The largest absolute Gasteiger partial charge is 0.435 e. The molecule has 0 aliphatic carbocycles. The van der Waals surface area contributed by atoms with E-state index in [0.717, 1.165) is 29.9 Å². The number of rotatable bonds is 3. The summed E-state index contributed by atoms with van der Waals surface area (Å²) in [4.78, 5) is 10.6. The van der Waals surface area contributed by atoms with Crippen molar-refractivity contribution in [3.63, 3.8) is 0 Å². The zero-order valence-corrected chi connectivity index (χ0v) is 13.2. The number of halogens is 3. The molecule has 1 aromatic heterocycles. The van der Waals surface area contributed by atoms with E-state index in [4.69, 9.17) is 11.6 Å². The van der Waals surface area contributed by atoms with Crippen molar-refractivity contribution in [3.05, 3.63) is 53.3 Å². The summed E-state index contributed by atoms with van der Waals surface area (Å²) in [5.41, 5.74) is 2.76. The van der Waals surface area contributed by atoms with Crippen LogP contribution in [-0.2, 0) is 6.42 Å². The number of alkyl halides is 2. The van der Waals surface area contributed by atoms with E-state index in [1.54, 1.807) is 6.07 Å². The molecule has 0 bridgehead atoms. The van der Waals surface area contributed by atoms with Gasteiger partial charge in [0.05, 0.1) is 5.52 Å². The molecule has 1 aliphatic rings. The molecule has 0 fully saturated rings. The third kappa shape index (κ3) is 2.63. The van der Waals surface area contributed by atoms with E-state index in [1.165, 1.54) is 24.0 Å². The molecule has 1 aliphatic heterocycles. The molecule has 7 heteroatoms. The minimum Gasteiger partial charge on any atom is -0.435 e. The average Bonchev–Trinajstić information content (AvgIpc) is 2.96. The van der Waals surface area contributed by atoms with Crippen LogP contribution < -0.4 is 9.64 Å². The van der Waals surface area contributed by atoms with Crippen LogP contribution in [0.1, 0.15) is 5.56 Å². The zero-order chi connectivity index (χ0) is 16.7. The van der Waals surface area contributed by atoms with Crippen LogP contribution in [0, 0.1) is 0 Å². The van der Waals surface area contributed by atoms with Gasteiger partial charge in [-0.3, -0.25) is 0 Å². The molecule has 0 unspecified atom stereocenters. The molecule has 0 atom stereocenters. The highest BCUT2D eigenvalue weighted by Gasteiger charge is 2.23. The van der Waals surface area contributed by atoms with Gasteiger partial charge in [-0.2, -0.15) is 8.78 Å². The summed E-state index contributed by atoms with van der Waals surface area (Å²) < 4.78 is 29.2. The van der Waals surface area contributed by atoms with Crippen molar-refractivity contribution < 1.29 is 13.5 Å². The van der Waals surface area contributed by atoms with E-state index in [9.17, 15) is 8.78 Å². The molecule has 0 saturated heterocycles. The van der Waals surface area contributed by atoms with Crippen molar-refractivity contribution in [1.29, 1.82) is 0 Å². The second kappa shape index (κ2) is 5.87. The summed E-state index contributed by atoms with van der Waals surface area (Å²) in [6.45, 7) is -2.09. The van der Waals surface area contributed by atoms with Crippen LogP contribution in [0.2, 0.25) is 5.02 Å². The van der Waals surface area contributed by atoms with Gasteiger partial charge in [0.25, 0.3) is 0 Å². The van der Waals surface area contributed by atoms with Gasteiger partial charge in [0.15, 0.2) is 0 Å². The van der Waals surface area contributed by atoms with Gasteiger partial charge in [0.1, 0.15) is 17.9 Å². The van der Waals surface area contributed by atoms with E-state index >= 15 is 0 Å². The lowest BCUT2D eigenvalue weighted by atomic mass is 10.1. The first-order valence-electron chi connectivity index (χ1n) is 7.37. The lowest BCUT2D eigenvalue weighted by Crippen LogP contribution is -2.15. The number of ether oxygens (including phenoxy) is 1. The molecule has 2 heterocycles. The summed E-state index contributed by atoms with van der Waals surface area (Å²) in [5.74, 6) is 0.802. The van der Waals surface area contributed by atoms with Crippen molar-refractivity contribution in [2.75, 3.05) is 11.4 Å².